The second-order valence-electron chi connectivity index (χ2n) is 12.5. The molecule has 4 heterocycles. The number of pyridine rings is 2. The van der Waals surface area contributed by atoms with Gasteiger partial charge >= 0.3 is 0 Å². The van der Waals surface area contributed by atoms with E-state index in [-0.39, 0.29) is 17.2 Å². The highest BCUT2D eigenvalue weighted by atomic mass is 16.5. The number of rotatable bonds is 5. The first-order chi connectivity index (χ1) is 23.5. The van der Waals surface area contributed by atoms with Crippen LogP contribution in [-0.4, -0.2) is 78.0 Å². The highest BCUT2D eigenvalue weighted by Crippen LogP contribution is 2.38. The summed E-state index contributed by atoms with van der Waals surface area (Å²) >= 11 is 0. The average molecular weight is 645 g/mol. The van der Waals surface area contributed by atoms with E-state index in [4.69, 9.17) is 9.47 Å². The summed E-state index contributed by atoms with van der Waals surface area (Å²) in [5.74, 6) is 1.74. The minimum Gasteiger partial charge on any atom is -0.495 e. The maximum absolute atomic E-state index is 14.3. The molecule has 4 aromatic rings. The molecule has 0 bridgehead atoms. The number of anilines is 1. The zero-order chi connectivity index (χ0) is 33.3. The molecule has 0 atom stereocenters. The zero-order valence-electron chi connectivity index (χ0n) is 27.3. The Morgan fingerprint density at radius 1 is 0.938 bits per heavy atom. The lowest BCUT2D eigenvalue weighted by atomic mass is 9.75. The van der Waals surface area contributed by atoms with E-state index < -0.39 is 0 Å². The molecule has 0 N–H and O–H groups in total. The van der Waals surface area contributed by atoms with Crippen molar-refractivity contribution < 1.29 is 19.1 Å². The molecule has 2 aliphatic rings. The first kappa shape index (κ1) is 32.5. The number of benzene rings is 2. The fraction of sp³-hybridized carbons (Fsp3) is 0.342. The van der Waals surface area contributed by atoms with Gasteiger partial charge in [-0.2, -0.15) is 5.26 Å². The molecule has 0 saturated carbocycles. The van der Waals surface area contributed by atoms with Crippen LogP contribution in [0.1, 0.15) is 57.5 Å². The first-order valence-corrected chi connectivity index (χ1v) is 16.4. The van der Waals surface area contributed by atoms with Crippen LogP contribution in [0.15, 0.2) is 91.4 Å². The van der Waals surface area contributed by atoms with Crippen molar-refractivity contribution in [3.8, 4) is 17.6 Å². The number of aromatic nitrogens is 2. The van der Waals surface area contributed by atoms with Crippen molar-refractivity contribution in [1.29, 1.82) is 5.26 Å². The molecular weight excluding hydrogens is 604 g/mol. The Labute approximate surface area is 281 Å². The van der Waals surface area contributed by atoms with E-state index >= 15 is 0 Å². The van der Waals surface area contributed by atoms with E-state index in [0.717, 1.165) is 43.6 Å². The summed E-state index contributed by atoms with van der Waals surface area (Å²) in [6.07, 6.45) is 8.05. The molecule has 1 spiro atoms. The third kappa shape index (κ3) is 7.58. The Morgan fingerprint density at radius 2 is 1.73 bits per heavy atom. The molecular formula is C38H40N6O4. The molecule has 0 radical (unpaired) electrons. The smallest absolute Gasteiger partial charge is 0.257 e. The fourth-order valence-electron chi connectivity index (χ4n) is 6.57. The molecule has 1 fully saturated rings. The lowest BCUT2D eigenvalue weighted by Crippen LogP contribution is -2.46. The van der Waals surface area contributed by atoms with Crippen molar-refractivity contribution in [3.05, 3.63) is 114 Å². The molecule has 2 aromatic heterocycles. The van der Waals surface area contributed by atoms with Gasteiger partial charge in [-0.05, 0) is 61.6 Å². The van der Waals surface area contributed by atoms with Gasteiger partial charge in [0.1, 0.15) is 23.4 Å². The van der Waals surface area contributed by atoms with Gasteiger partial charge in [-0.15, -0.1) is 0 Å². The van der Waals surface area contributed by atoms with Crippen molar-refractivity contribution >= 4 is 17.6 Å². The summed E-state index contributed by atoms with van der Waals surface area (Å²) in [6.45, 7) is 3.85. The summed E-state index contributed by atoms with van der Waals surface area (Å²) in [7, 11) is 1.56. The van der Waals surface area contributed by atoms with Crippen LogP contribution < -0.4 is 14.4 Å². The van der Waals surface area contributed by atoms with E-state index in [2.05, 4.69) is 20.9 Å². The van der Waals surface area contributed by atoms with E-state index in [1.54, 1.807) is 37.8 Å². The van der Waals surface area contributed by atoms with Gasteiger partial charge in [-0.3, -0.25) is 14.6 Å². The SMILES string of the molecule is COc1cncc(C(=O)N2CCC3(CCCN(c4ccc(C#N)cn4)CCN(Cc4ccccc4)C(=O)c4ccccc4OC3)CC2)c1. The summed E-state index contributed by atoms with van der Waals surface area (Å²) in [4.78, 5) is 42.4. The van der Waals surface area contributed by atoms with Gasteiger partial charge in [0, 0.05) is 57.1 Å². The number of methoxy groups -OCH3 is 1. The van der Waals surface area contributed by atoms with E-state index in [9.17, 15) is 14.9 Å². The topological polar surface area (TPSA) is 112 Å². The molecule has 10 nitrogen and oxygen atoms in total. The predicted octanol–water partition coefficient (Wildman–Crippen LogP) is 5.60. The van der Waals surface area contributed by atoms with Gasteiger partial charge in [0.05, 0.1) is 36.6 Å². The van der Waals surface area contributed by atoms with Crippen LogP contribution in [-0.2, 0) is 6.54 Å². The summed E-state index contributed by atoms with van der Waals surface area (Å²) in [5, 5.41) is 9.35. The van der Waals surface area contributed by atoms with Crippen LogP contribution in [0, 0.1) is 16.7 Å². The maximum Gasteiger partial charge on any atom is 0.257 e. The molecule has 2 aliphatic heterocycles. The molecule has 10 heteroatoms. The first-order valence-electron chi connectivity index (χ1n) is 16.4. The monoisotopic (exact) mass is 644 g/mol. The molecule has 2 aromatic carbocycles. The van der Waals surface area contributed by atoms with Gasteiger partial charge in [0.15, 0.2) is 0 Å². The van der Waals surface area contributed by atoms with Crippen LogP contribution in [0.25, 0.3) is 0 Å². The van der Waals surface area contributed by atoms with Gasteiger partial charge in [0.2, 0.25) is 0 Å². The lowest BCUT2D eigenvalue weighted by Gasteiger charge is -2.42. The fourth-order valence-corrected chi connectivity index (χ4v) is 6.57. The summed E-state index contributed by atoms with van der Waals surface area (Å²) in [5.41, 5.74) is 2.39. The molecule has 0 unspecified atom stereocenters. The van der Waals surface area contributed by atoms with Gasteiger partial charge in [-0.1, -0.05) is 42.5 Å². The Hall–Kier alpha value is -5.43. The van der Waals surface area contributed by atoms with Gasteiger partial charge in [-0.25, -0.2) is 4.98 Å². The third-order valence-corrected chi connectivity index (χ3v) is 9.44. The van der Waals surface area contributed by atoms with Crippen molar-refractivity contribution in [1.82, 2.24) is 19.8 Å². The number of carbonyl (C=O) groups excluding carboxylic acids is 2. The highest BCUT2D eigenvalue weighted by Gasteiger charge is 2.37. The quantitative estimate of drug-likeness (QED) is 0.276. The molecule has 246 valence electrons. The van der Waals surface area contributed by atoms with Crippen LogP contribution in [0.4, 0.5) is 5.82 Å². The second kappa shape index (κ2) is 15.0. The number of hydrogen-bond acceptors (Lipinski definition) is 8. The predicted molar refractivity (Wildman–Crippen MR) is 182 cm³/mol. The van der Waals surface area contributed by atoms with Crippen LogP contribution in [0.5, 0.6) is 11.5 Å². The number of nitriles is 1. The largest absolute Gasteiger partial charge is 0.495 e. The number of para-hydroxylation sites is 1. The summed E-state index contributed by atoms with van der Waals surface area (Å²) in [6, 6.07) is 25.0. The highest BCUT2D eigenvalue weighted by molar-refractivity contribution is 5.97. The lowest BCUT2D eigenvalue weighted by molar-refractivity contribution is 0.0363. The van der Waals surface area contributed by atoms with E-state index in [0.29, 0.717) is 67.5 Å². The minimum atomic E-state index is -0.193. The van der Waals surface area contributed by atoms with Gasteiger partial charge in [0.25, 0.3) is 11.8 Å². The Bertz CT molecular complexity index is 1750. The number of likely N-dealkylation sites (tertiary alicyclic amines) is 1. The maximum atomic E-state index is 14.3. The van der Waals surface area contributed by atoms with Crippen molar-refractivity contribution in [2.75, 3.05) is 51.3 Å². The number of amides is 2. The molecule has 0 aliphatic carbocycles. The van der Waals surface area contributed by atoms with Crippen LogP contribution in [0.2, 0.25) is 0 Å². The zero-order valence-corrected chi connectivity index (χ0v) is 27.3. The number of piperidine rings is 1. The number of fused-ring (bicyclic) bond motifs is 1. The number of nitrogens with zero attached hydrogens (tertiary/aromatic N) is 6. The molecule has 2 amide bonds. The number of carbonyl (C=O) groups is 2. The van der Waals surface area contributed by atoms with Crippen LogP contribution in [0.3, 0.4) is 0 Å². The van der Waals surface area contributed by atoms with Crippen LogP contribution >= 0.6 is 0 Å². The number of hydrogen-bond donors (Lipinski definition) is 0. The normalized spacial score (nSPS) is 16.8. The standard InChI is InChI=1S/C38H40N6O4/c1-47-32-22-31(25-40-26-32)36(45)43-18-15-38(16-19-43)14-7-17-42(35-13-12-30(23-39)24-41-35)20-21-44(27-29-8-3-2-4-9-29)37(46)33-10-5-6-11-34(33)48-28-38/h2-6,8-13,22,24-26H,7,14-21,27-28H2,1H3. The minimum absolute atomic E-state index is 0.0608. The Morgan fingerprint density at radius 3 is 2.48 bits per heavy atom. The van der Waals surface area contributed by atoms with Crippen molar-refractivity contribution in [3.63, 3.8) is 0 Å². The van der Waals surface area contributed by atoms with E-state index in [1.165, 1.54) is 0 Å². The average Bonchev–Trinajstić information content (AvgIpc) is 3.15. The van der Waals surface area contributed by atoms with Gasteiger partial charge < -0.3 is 24.2 Å². The second-order valence-corrected chi connectivity index (χ2v) is 12.5. The molecule has 1 saturated heterocycles. The Balaban J connectivity index is 1.27. The third-order valence-electron chi connectivity index (χ3n) is 9.44. The Kier molecular flexibility index (Phi) is 10.1. The molecule has 48 heavy (non-hydrogen) atoms. The van der Waals surface area contributed by atoms with Crippen molar-refractivity contribution in [2.45, 2.75) is 32.2 Å². The summed E-state index contributed by atoms with van der Waals surface area (Å²) < 4.78 is 11.9. The number of ether oxygens (including phenoxy) is 2. The molecule has 6 rings (SSSR count). The van der Waals surface area contributed by atoms with Crippen molar-refractivity contribution in [2.24, 2.45) is 5.41 Å². The van der Waals surface area contributed by atoms with E-state index in [1.807, 2.05) is 70.5 Å².